The maximum absolute atomic E-state index is 8.92. The van der Waals surface area contributed by atoms with E-state index >= 15 is 0 Å². The molecule has 2 aromatic heterocycles. The molecule has 0 spiro atoms. The van der Waals surface area contributed by atoms with E-state index in [1.54, 1.807) is 6.20 Å². The van der Waals surface area contributed by atoms with Gasteiger partial charge in [0, 0.05) is 31.4 Å². The van der Waals surface area contributed by atoms with Gasteiger partial charge in [0.05, 0.1) is 4.53 Å². The predicted molar refractivity (Wildman–Crippen MR) is 100 cm³/mol. The minimum atomic E-state index is 0.0857. The number of rotatable bonds is 8. The van der Waals surface area contributed by atoms with Crippen molar-refractivity contribution in [1.82, 2.24) is 4.98 Å². The average molecular weight is 354 g/mol. The van der Waals surface area contributed by atoms with Crippen molar-refractivity contribution in [1.29, 1.82) is 10.5 Å². The van der Waals surface area contributed by atoms with Crippen LogP contribution in [-0.2, 0) is 0 Å². The lowest BCUT2D eigenvalue weighted by molar-refractivity contribution is 0.524. The molecule has 5 nitrogen and oxygen atoms in total. The second-order valence-electron chi connectivity index (χ2n) is 5.68. The average Bonchev–Trinajstić information content (AvgIpc) is 3.27. The Morgan fingerprint density at radius 3 is 2.48 bits per heavy atom. The Kier molecular flexibility index (Phi) is 7.25. The number of hydrogen-bond donors (Lipinski definition) is 0. The standard InChI is InChI=1S/C19H22N4OS/c1-3-5-9-23(10-6-4-2)19-8-7-16(24-19)11-18-22-14-17(25-18)15(12-20)13-21/h7-8,11,14H,3-6,9-10H2,1-2H3/b18-11+. The zero-order valence-electron chi connectivity index (χ0n) is 14.7. The summed E-state index contributed by atoms with van der Waals surface area (Å²) in [4.78, 5) is 6.53. The van der Waals surface area contributed by atoms with E-state index in [2.05, 4.69) is 23.7 Å². The number of nitriles is 2. The molecule has 0 saturated heterocycles. The summed E-state index contributed by atoms with van der Waals surface area (Å²) < 4.78 is 7.26. The van der Waals surface area contributed by atoms with E-state index < -0.39 is 0 Å². The fourth-order valence-electron chi connectivity index (χ4n) is 2.35. The molecule has 0 aromatic carbocycles. The lowest BCUT2D eigenvalue weighted by Gasteiger charge is -2.21. The van der Waals surface area contributed by atoms with Gasteiger partial charge in [-0.2, -0.15) is 10.5 Å². The largest absolute Gasteiger partial charge is 0.441 e. The summed E-state index contributed by atoms with van der Waals surface area (Å²) in [6.45, 7) is 6.36. The van der Waals surface area contributed by atoms with Crippen molar-refractivity contribution in [3.8, 4) is 12.1 Å². The zero-order valence-corrected chi connectivity index (χ0v) is 15.5. The van der Waals surface area contributed by atoms with E-state index in [0.717, 1.165) is 50.4 Å². The number of thiazole rings is 1. The minimum absolute atomic E-state index is 0.0857. The van der Waals surface area contributed by atoms with E-state index in [1.165, 1.54) is 11.3 Å². The van der Waals surface area contributed by atoms with Gasteiger partial charge >= 0.3 is 0 Å². The molecule has 0 aliphatic heterocycles. The van der Waals surface area contributed by atoms with E-state index in [1.807, 2.05) is 30.3 Å². The van der Waals surface area contributed by atoms with Crippen LogP contribution in [0, 0.1) is 22.7 Å². The van der Waals surface area contributed by atoms with Gasteiger partial charge in [-0.25, -0.2) is 4.98 Å². The summed E-state index contributed by atoms with van der Waals surface area (Å²) in [6, 6.07) is 7.70. The SMILES string of the molecule is CCCCN(CCCC)c1ccc(/C=c2\ncc(=C(C#N)C#N)s2)o1. The Labute approximate surface area is 152 Å². The molecule has 0 radical (unpaired) electrons. The Morgan fingerprint density at radius 2 is 1.88 bits per heavy atom. The van der Waals surface area contributed by atoms with Gasteiger partial charge in [-0.05, 0) is 18.9 Å². The van der Waals surface area contributed by atoms with Gasteiger partial charge in [-0.1, -0.05) is 26.7 Å². The molecule has 0 N–H and O–H groups in total. The highest BCUT2D eigenvalue weighted by atomic mass is 32.1. The predicted octanol–water partition coefficient (Wildman–Crippen LogP) is 3.17. The van der Waals surface area contributed by atoms with Gasteiger partial charge in [-0.3, -0.25) is 0 Å². The molecule has 2 heterocycles. The van der Waals surface area contributed by atoms with E-state index in [-0.39, 0.29) is 5.57 Å². The van der Waals surface area contributed by atoms with Crippen LogP contribution < -0.4 is 14.1 Å². The second kappa shape index (κ2) is 9.66. The third kappa shape index (κ3) is 5.20. The molecule has 0 atom stereocenters. The molecule has 6 heteroatoms. The van der Waals surface area contributed by atoms with Crippen LogP contribution in [0.2, 0.25) is 0 Å². The monoisotopic (exact) mass is 354 g/mol. The van der Waals surface area contributed by atoms with Crippen LogP contribution >= 0.6 is 11.3 Å². The van der Waals surface area contributed by atoms with Crippen LogP contribution in [-0.4, -0.2) is 18.1 Å². The lowest BCUT2D eigenvalue weighted by atomic mass is 10.2. The molecule has 0 aliphatic rings. The number of anilines is 1. The van der Waals surface area contributed by atoms with Crippen molar-refractivity contribution in [3.63, 3.8) is 0 Å². The quantitative estimate of drug-likeness (QED) is 0.728. The topological polar surface area (TPSA) is 76.8 Å². The summed E-state index contributed by atoms with van der Waals surface area (Å²) in [5.74, 6) is 1.61. The first-order valence-corrected chi connectivity index (χ1v) is 9.36. The molecule has 2 rings (SSSR count). The normalized spacial score (nSPS) is 11.1. The van der Waals surface area contributed by atoms with Gasteiger partial charge in [0.1, 0.15) is 28.1 Å². The lowest BCUT2D eigenvalue weighted by Crippen LogP contribution is -2.25. The van der Waals surface area contributed by atoms with Crippen molar-refractivity contribution >= 4 is 28.9 Å². The molecule has 0 amide bonds. The molecule has 25 heavy (non-hydrogen) atoms. The highest BCUT2D eigenvalue weighted by Crippen LogP contribution is 2.20. The summed E-state index contributed by atoms with van der Waals surface area (Å²) in [5, 5.41) is 17.8. The highest BCUT2D eigenvalue weighted by Gasteiger charge is 2.10. The van der Waals surface area contributed by atoms with Gasteiger partial charge < -0.3 is 9.32 Å². The van der Waals surface area contributed by atoms with Crippen molar-refractivity contribution in [2.45, 2.75) is 39.5 Å². The summed E-state index contributed by atoms with van der Waals surface area (Å²) in [6.07, 6.45) is 7.97. The third-order valence-corrected chi connectivity index (χ3v) is 4.71. The Morgan fingerprint density at radius 1 is 1.20 bits per heavy atom. The molecular formula is C19H22N4OS. The molecule has 0 bridgehead atoms. The molecule has 0 fully saturated rings. The molecule has 2 aromatic rings. The van der Waals surface area contributed by atoms with Gasteiger partial charge in [0.15, 0.2) is 5.88 Å². The Hall–Kier alpha value is -2.57. The van der Waals surface area contributed by atoms with E-state index in [0.29, 0.717) is 9.20 Å². The van der Waals surface area contributed by atoms with Gasteiger partial charge in [-0.15, -0.1) is 11.3 Å². The molecule has 0 unspecified atom stereocenters. The maximum Gasteiger partial charge on any atom is 0.196 e. The fourth-order valence-corrected chi connectivity index (χ4v) is 3.15. The van der Waals surface area contributed by atoms with Crippen molar-refractivity contribution in [2.75, 3.05) is 18.0 Å². The minimum Gasteiger partial charge on any atom is -0.441 e. The summed E-state index contributed by atoms with van der Waals surface area (Å²) in [5.41, 5.74) is 0.0857. The van der Waals surface area contributed by atoms with Crippen LogP contribution in [0.3, 0.4) is 0 Å². The summed E-state index contributed by atoms with van der Waals surface area (Å²) >= 11 is 1.31. The number of hydrogen-bond acceptors (Lipinski definition) is 6. The van der Waals surface area contributed by atoms with Crippen molar-refractivity contribution in [2.24, 2.45) is 0 Å². The number of nitrogens with zero attached hydrogens (tertiary/aromatic N) is 4. The van der Waals surface area contributed by atoms with Crippen molar-refractivity contribution < 1.29 is 4.42 Å². The smallest absolute Gasteiger partial charge is 0.196 e. The van der Waals surface area contributed by atoms with E-state index in [9.17, 15) is 0 Å². The molecule has 130 valence electrons. The zero-order chi connectivity index (χ0) is 18.1. The van der Waals surface area contributed by atoms with Crippen LogP contribution in [0.5, 0.6) is 0 Å². The number of aromatic nitrogens is 1. The first kappa shape index (κ1) is 18.8. The van der Waals surface area contributed by atoms with Crippen LogP contribution in [0.4, 0.5) is 5.88 Å². The summed E-state index contributed by atoms with van der Waals surface area (Å²) in [7, 11) is 0. The fraction of sp³-hybridized carbons (Fsp3) is 0.421. The maximum atomic E-state index is 8.92. The first-order valence-electron chi connectivity index (χ1n) is 8.54. The Balaban J connectivity index is 2.24. The first-order chi connectivity index (χ1) is 12.2. The van der Waals surface area contributed by atoms with Gasteiger partial charge in [0.25, 0.3) is 0 Å². The highest BCUT2D eigenvalue weighted by molar-refractivity contribution is 7.07. The number of furan rings is 1. The second-order valence-corrected chi connectivity index (χ2v) is 6.74. The van der Waals surface area contributed by atoms with Gasteiger partial charge in [0.2, 0.25) is 0 Å². The molecular weight excluding hydrogens is 332 g/mol. The van der Waals surface area contributed by atoms with Crippen LogP contribution in [0.25, 0.3) is 11.6 Å². The van der Waals surface area contributed by atoms with Crippen LogP contribution in [0.1, 0.15) is 45.3 Å². The molecule has 0 aliphatic carbocycles. The van der Waals surface area contributed by atoms with Crippen molar-refractivity contribution in [3.05, 3.63) is 33.3 Å². The third-order valence-electron chi connectivity index (χ3n) is 3.75. The van der Waals surface area contributed by atoms with E-state index in [4.69, 9.17) is 14.9 Å². The van der Waals surface area contributed by atoms with Crippen LogP contribution in [0.15, 0.2) is 22.7 Å². The molecule has 0 saturated carbocycles. The number of unbranched alkanes of at least 4 members (excludes halogenated alkanes) is 2. The Bertz CT molecular complexity index is 858.